The minimum Gasteiger partial charge on any atom is -0.477 e. The zero-order valence-electron chi connectivity index (χ0n) is 15.7. The Morgan fingerprint density at radius 1 is 1.11 bits per heavy atom. The zero-order valence-corrected chi connectivity index (χ0v) is 15.7. The first-order valence-corrected chi connectivity index (χ1v) is 8.55. The van der Waals surface area contributed by atoms with Crippen molar-refractivity contribution in [3.05, 3.63) is 69.6 Å². The molecule has 0 amide bonds. The SMILES string of the molecule is Cc1ccc(OCc2nnc(-c3ccc(C(C)(C)C)cc3)o2)c([N+](=O)[O-])c1. The van der Waals surface area contributed by atoms with E-state index in [0.29, 0.717) is 5.89 Å². The third-order valence-corrected chi connectivity index (χ3v) is 4.13. The van der Waals surface area contributed by atoms with Gasteiger partial charge in [-0.3, -0.25) is 10.1 Å². The van der Waals surface area contributed by atoms with Crippen LogP contribution in [0.5, 0.6) is 5.75 Å². The molecular weight excluding hydrogens is 346 g/mol. The van der Waals surface area contributed by atoms with Gasteiger partial charge in [0, 0.05) is 11.6 Å². The van der Waals surface area contributed by atoms with Gasteiger partial charge in [-0.1, -0.05) is 39.0 Å². The molecule has 3 aromatic rings. The van der Waals surface area contributed by atoms with Crippen LogP contribution >= 0.6 is 0 Å². The number of nitro benzene ring substituents is 1. The van der Waals surface area contributed by atoms with Gasteiger partial charge in [-0.2, -0.15) is 0 Å². The number of aromatic nitrogens is 2. The van der Waals surface area contributed by atoms with Gasteiger partial charge in [0.25, 0.3) is 5.89 Å². The van der Waals surface area contributed by atoms with Crippen molar-refractivity contribution >= 4 is 5.69 Å². The minimum atomic E-state index is -0.474. The Labute approximate surface area is 157 Å². The van der Waals surface area contributed by atoms with Crippen LogP contribution in [-0.4, -0.2) is 15.1 Å². The predicted molar refractivity (Wildman–Crippen MR) is 101 cm³/mol. The van der Waals surface area contributed by atoms with E-state index in [0.717, 1.165) is 11.1 Å². The van der Waals surface area contributed by atoms with Gasteiger partial charge in [0.15, 0.2) is 12.4 Å². The van der Waals surface area contributed by atoms with Crippen molar-refractivity contribution in [2.45, 2.75) is 39.7 Å². The van der Waals surface area contributed by atoms with Crippen LogP contribution in [0.2, 0.25) is 0 Å². The Kier molecular flexibility index (Phi) is 4.94. The van der Waals surface area contributed by atoms with Crippen LogP contribution in [0, 0.1) is 17.0 Å². The molecule has 7 heteroatoms. The number of rotatable bonds is 5. The monoisotopic (exact) mass is 367 g/mol. The highest BCUT2D eigenvalue weighted by molar-refractivity contribution is 5.53. The molecule has 3 rings (SSSR count). The highest BCUT2D eigenvalue weighted by Crippen LogP contribution is 2.29. The molecular formula is C20H21N3O4. The normalized spacial score (nSPS) is 11.4. The standard InChI is InChI=1S/C20H21N3O4/c1-13-5-10-17(16(11-13)23(24)25)26-12-18-21-22-19(27-18)14-6-8-15(9-7-14)20(2,3)4/h5-11H,12H2,1-4H3. The van der Waals surface area contributed by atoms with E-state index in [1.54, 1.807) is 19.1 Å². The van der Waals surface area contributed by atoms with Crippen molar-refractivity contribution in [1.82, 2.24) is 10.2 Å². The Morgan fingerprint density at radius 3 is 2.44 bits per heavy atom. The van der Waals surface area contributed by atoms with Crippen LogP contribution in [0.15, 0.2) is 46.9 Å². The topological polar surface area (TPSA) is 91.3 Å². The van der Waals surface area contributed by atoms with Gasteiger partial charge in [-0.05, 0) is 41.7 Å². The summed E-state index contributed by atoms with van der Waals surface area (Å²) in [5, 5.41) is 19.1. The lowest BCUT2D eigenvalue weighted by atomic mass is 9.87. The van der Waals surface area contributed by atoms with Gasteiger partial charge in [0.05, 0.1) is 4.92 Å². The Bertz CT molecular complexity index is 956. The average Bonchev–Trinajstić information content (AvgIpc) is 3.09. The summed E-state index contributed by atoms with van der Waals surface area (Å²) in [6.45, 7) is 8.18. The second-order valence-corrected chi connectivity index (χ2v) is 7.35. The molecule has 1 heterocycles. The average molecular weight is 367 g/mol. The van der Waals surface area contributed by atoms with Crippen molar-refractivity contribution in [3.63, 3.8) is 0 Å². The second kappa shape index (κ2) is 7.19. The maximum Gasteiger partial charge on any atom is 0.311 e. The fraction of sp³-hybridized carbons (Fsp3) is 0.300. The molecule has 0 saturated carbocycles. The molecule has 2 aromatic carbocycles. The van der Waals surface area contributed by atoms with E-state index in [4.69, 9.17) is 9.15 Å². The van der Waals surface area contributed by atoms with E-state index in [9.17, 15) is 10.1 Å². The fourth-order valence-electron chi connectivity index (χ4n) is 2.57. The number of nitrogens with zero attached hydrogens (tertiary/aromatic N) is 3. The van der Waals surface area contributed by atoms with Crippen molar-refractivity contribution in [1.29, 1.82) is 0 Å². The van der Waals surface area contributed by atoms with E-state index >= 15 is 0 Å². The number of ether oxygens (including phenoxy) is 1. The molecule has 7 nitrogen and oxygen atoms in total. The highest BCUT2D eigenvalue weighted by Gasteiger charge is 2.17. The van der Waals surface area contributed by atoms with Crippen molar-refractivity contribution in [3.8, 4) is 17.2 Å². The van der Waals surface area contributed by atoms with Gasteiger partial charge in [-0.15, -0.1) is 10.2 Å². The molecule has 0 fully saturated rings. The third kappa shape index (κ3) is 4.31. The Balaban J connectivity index is 1.73. The smallest absolute Gasteiger partial charge is 0.311 e. The summed E-state index contributed by atoms with van der Waals surface area (Å²) < 4.78 is 11.1. The van der Waals surface area contributed by atoms with Crippen LogP contribution in [0.3, 0.4) is 0 Å². The molecule has 1 aromatic heterocycles. The van der Waals surface area contributed by atoms with Crippen molar-refractivity contribution in [2.75, 3.05) is 0 Å². The molecule has 0 saturated heterocycles. The summed E-state index contributed by atoms with van der Waals surface area (Å²) in [6, 6.07) is 12.7. The highest BCUT2D eigenvalue weighted by atomic mass is 16.6. The molecule has 27 heavy (non-hydrogen) atoms. The molecule has 0 aliphatic carbocycles. The minimum absolute atomic E-state index is 0.0447. The molecule has 0 N–H and O–H groups in total. The molecule has 140 valence electrons. The fourth-order valence-corrected chi connectivity index (χ4v) is 2.57. The lowest BCUT2D eigenvalue weighted by Crippen LogP contribution is -2.10. The summed E-state index contributed by atoms with van der Waals surface area (Å²) >= 11 is 0. The van der Waals surface area contributed by atoms with Crippen molar-refractivity contribution < 1.29 is 14.1 Å². The van der Waals surface area contributed by atoms with E-state index < -0.39 is 4.92 Å². The van der Waals surface area contributed by atoms with Gasteiger partial charge in [0.1, 0.15) is 0 Å². The van der Waals surface area contributed by atoms with Crippen LogP contribution in [-0.2, 0) is 12.0 Å². The largest absolute Gasteiger partial charge is 0.477 e. The first-order chi connectivity index (χ1) is 12.7. The molecule has 0 radical (unpaired) electrons. The summed E-state index contributed by atoms with van der Waals surface area (Å²) in [4.78, 5) is 10.7. The number of benzene rings is 2. The summed E-state index contributed by atoms with van der Waals surface area (Å²) in [5.74, 6) is 0.798. The van der Waals surface area contributed by atoms with Crippen molar-refractivity contribution in [2.24, 2.45) is 0 Å². The van der Waals surface area contributed by atoms with Gasteiger partial charge >= 0.3 is 5.69 Å². The van der Waals surface area contributed by atoms with Crippen LogP contribution in [0.25, 0.3) is 11.5 Å². The number of nitro groups is 1. The quantitative estimate of drug-likeness (QED) is 0.474. The van der Waals surface area contributed by atoms with E-state index in [2.05, 4.69) is 31.0 Å². The predicted octanol–water partition coefficient (Wildman–Crippen LogP) is 4.83. The van der Waals surface area contributed by atoms with Gasteiger partial charge in [-0.25, -0.2) is 0 Å². The first-order valence-electron chi connectivity index (χ1n) is 8.55. The number of aryl methyl sites for hydroxylation is 1. The number of hydrogen-bond acceptors (Lipinski definition) is 6. The molecule has 0 bridgehead atoms. The third-order valence-electron chi connectivity index (χ3n) is 4.13. The number of hydrogen-bond donors (Lipinski definition) is 0. The molecule has 0 atom stereocenters. The van der Waals surface area contributed by atoms with E-state index in [-0.39, 0.29) is 29.3 Å². The lowest BCUT2D eigenvalue weighted by Gasteiger charge is -2.18. The lowest BCUT2D eigenvalue weighted by molar-refractivity contribution is -0.386. The van der Waals surface area contributed by atoms with E-state index in [1.165, 1.54) is 11.6 Å². The van der Waals surface area contributed by atoms with Crippen LogP contribution < -0.4 is 4.74 Å². The first kappa shape index (κ1) is 18.6. The summed E-state index contributed by atoms with van der Waals surface area (Å²) in [5.41, 5.74) is 2.78. The Hall–Kier alpha value is -3.22. The maximum atomic E-state index is 11.1. The summed E-state index contributed by atoms with van der Waals surface area (Å²) in [6.07, 6.45) is 0. The van der Waals surface area contributed by atoms with Crippen LogP contribution in [0.1, 0.15) is 37.8 Å². The second-order valence-electron chi connectivity index (χ2n) is 7.35. The molecule has 0 aliphatic rings. The molecule has 0 aliphatic heterocycles. The summed E-state index contributed by atoms with van der Waals surface area (Å²) in [7, 11) is 0. The van der Waals surface area contributed by atoms with Gasteiger partial charge < -0.3 is 9.15 Å². The van der Waals surface area contributed by atoms with Crippen LogP contribution in [0.4, 0.5) is 5.69 Å². The zero-order chi connectivity index (χ0) is 19.6. The van der Waals surface area contributed by atoms with Gasteiger partial charge in [0.2, 0.25) is 5.89 Å². The van der Waals surface area contributed by atoms with E-state index in [1.807, 2.05) is 24.3 Å². The maximum absolute atomic E-state index is 11.1. The molecule has 0 unspecified atom stereocenters. The molecule has 0 spiro atoms. The Morgan fingerprint density at radius 2 is 1.81 bits per heavy atom.